The number of carbonyl (C=O) groups is 3. The first kappa shape index (κ1) is 25.8. The molecule has 2 aromatic carbocycles. The second-order valence-electron chi connectivity index (χ2n) is 9.27. The molecule has 35 heavy (non-hydrogen) atoms. The third-order valence-electron chi connectivity index (χ3n) is 6.11. The lowest BCUT2D eigenvalue weighted by Gasteiger charge is -2.21. The summed E-state index contributed by atoms with van der Waals surface area (Å²) in [5.41, 5.74) is 4.43. The smallest absolute Gasteiger partial charge is 0.407 e. The average molecular weight is 477 g/mol. The summed E-state index contributed by atoms with van der Waals surface area (Å²) < 4.78 is 5.52. The van der Waals surface area contributed by atoms with Crippen LogP contribution in [0, 0.1) is 24.2 Å². The number of ether oxygens (including phenoxy) is 1. The number of nitrogens with one attached hydrogen (secondary N) is 2. The molecule has 184 valence electrons. The van der Waals surface area contributed by atoms with E-state index in [4.69, 9.17) is 16.3 Å². The van der Waals surface area contributed by atoms with Gasteiger partial charge < -0.3 is 20.5 Å². The molecule has 0 aromatic heterocycles. The van der Waals surface area contributed by atoms with Gasteiger partial charge in [-0.05, 0) is 40.5 Å². The lowest BCUT2D eigenvalue weighted by Crippen LogP contribution is -2.48. The molecule has 7 heteroatoms. The Bertz CT molecular complexity index is 1060. The van der Waals surface area contributed by atoms with Crippen LogP contribution in [0.25, 0.3) is 11.1 Å². The molecule has 1 aliphatic rings. The van der Waals surface area contributed by atoms with Crippen LogP contribution in [0.3, 0.4) is 0 Å². The molecule has 1 unspecified atom stereocenters. The summed E-state index contributed by atoms with van der Waals surface area (Å²) in [6.45, 7) is 4.31. The maximum Gasteiger partial charge on any atom is 0.407 e. The van der Waals surface area contributed by atoms with Gasteiger partial charge in [0.05, 0.1) is 0 Å². The lowest BCUT2D eigenvalue weighted by atomic mass is 9.94. The standard InChI is InChI=1S/C28H32N2O5/c1-4-9-25(27(33)29-16-19(14-18(2)3)15-26(31)32)30-28(34)35-17-24-22-12-7-5-10-20(22)21-11-6-8-13-23(21)24/h1,5-8,10-13,18-19,24-25H,9,14-17H2,2-3H3,(H,29,33)(H,30,34)(H,31,32)/t19-,25?/m0/s1. The van der Waals surface area contributed by atoms with Crippen molar-refractivity contribution in [3.63, 3.8) is 0 Å². The molecule has 0 bridgehead atoms. The molecular weight excluding hydrogens is 444 g/mol. The summed E-state index contributed by atoms with van der Waals surface area (Å²) in [6.07, 6.45) is 5.29. The molecule has 0 heterocycles. The van der Waals surface area contributed by atoms with E-state index in [9.17, 15) is 14.4 Å². The van der Waals surface area contributed by atoms with Crippen molar-refractivity contribution < 1.29 is 24.2 Å². The van der Waals surface area contributed by atoms with Gasteiger partial charge in [0.25, 0.3) is 0 Å². The van der Waals surface area contributed by atoms with Crippen LogP contribution in [-0.2, 0) is 14.3 Å². The van der Waals surface area contributed by atoms with Crippen molar-refractivity contribution in [3.05, 3.63) is 59.7 Å². The number of hydrogen-bond donors (Lipinski definition) is 3. The number of amides is 2. The Morgan fingerprint density at radius 2 is 1.66 bits per heavy atom. The summed E-state index contributed by atoms with van der Waals surface area (Å²) in [6, 6.07) is 15.1. The van der Waals surface area contributed by atoms with Crippen molar-refractivity contribution in [1.82, 2.24) is 10.6 Å². The fourth-order valence-electron chi connectivity index (χ4n) is 4.63. The normalized spacial score (nSPS) is 13.8. The van der Waals surface area contributed by atoms with Gasteiger partial charge in [-0.15, -0.1) is 12.3 Å². The van der Waals surface area contributed by atoms with E-state index in [1.165, 1.54) is 0 Å². The first-order chi connectivity index (χ1) is 16.8. The highest BCUT2D eigenvalue weighted by Gasteiger charge is 2.30. The van der Waals surface area contributed by atoms with E-state index in [1.807, 2.05) is 50.2 Å². The molecule has 2 amide bonds. The first-order valence-electron chi connectivity index (χ1n) is 11.8. The molecule has 3 rings (SSSR count). The van der Waals surface area contributed by atoms with Crippen molar-refractivity contribution in [2.45, 2.75) is 45.1 Å². The number of aliphatic carboxylic acids is 1. The van der Waals surface area contributed by atoms with Crippen LogP contribution in [0.1, 0.15) is 50.2 Å². The number of hydrogen-bond acceptors (Lipinski definition) is 4. The Morgan fingerprint density at radius 1 is 1.06 bits per heavy atom. The lowest BCUT2D eigenvalue weighted by molar-refractivity contribution is -0.138. The predicted molar refractivity (Wildman–Crippen MR) is 134 cm³/mol. The van der Waals surface area contributed by atoms with E-state index < -0.39 is 24.0 Å². The van der Waals surface area contributed by atoms with Crippen LogP contribution in [-0.4, -0.2) is 42.3 Å². The van der Waals surface area contributed by atoms with Gasteiger partial charge in [-0.2, -0.15) is 0 Å². The molecule has 2 aromatic rings. The number of carboxylic acids is 1. The largest absolute Gasteiger partial charge is 0.481 e. The quantitative estimate of drug-likeness (QED) is 0.422. The molecule has 0 saturated carbocycles. The molecule has 0 aliphatic heterocycles. The van der Waals surface area contributed by atoms with Gasteiger partial charge in [0.1, 0.15) is 12.6 Å². The molecule has 7 nitrogen and oxygen atoms in total. The van der Waals surface area contributed by atoms with Crippen molar-refractivity contribution in [3.8, 4) is 23.5 Å². The van der Waals surface area contributed by atoms with Gasteiger partial charge in [0, 0.05) is 25.3 Å². The Hall–Kier alpha value is -3.79. The van der Waals surface area contributed by atoms with Gasteiger partial charge in [-0.25, -0.2) is 4.79 Å². The van der Waals surface area contributed by atoms with Crippen LogP contribution < -0.4 is 10.6 Å². The fraction of sp³-hybridized carbons (Fsp3) is 0.393. The Morgan fingerprint density at radius 3 is 2.20 bits per heavy atom. The van der Waals surface area contributed by atoms with Gasteiger partial charge in [-0.3, -0.25) is 9.59 Å². The zero-order valence-electron chi connectivity index (χ0n) is 20.1. The molecule has 2 atom stereocenters. The van der Waals surface area contributed by atoms with E-state index in [0.29, 0.717) is 6.42 Å². The van der Waals surface area contributed by atoms with Crippen LogP contribution in [0.2, 0.25) is 0 Å². The SMILES string of the molecule is C#CCC(NC(=O)OCC1c2ccccc2-c2ccccc21)C(=O)NC[C@H](CC(=O)O)CC(C)C. The van der Waals surface area contributed by atoms with E-state index in [0.717, 1.165) is 22.3 Å². The van der Waals surface area contributed by atoms with Crippen LogP contribution >= 0.6 is 0 Å². The number of alkyl carbamates (subject to hydrolysis) is 1. The van der Waals surface area contributed by atoms with Crippen molar-refractivity contribution in [2.24, 2.45) is 11.8 Å². The summed E-state index contributed by atoms with van der Waals surface area (Å²) in [5.74, 6) is 1.01. The molecule has 0 fully saturated rings. The maximum atomic E-state index is 12.7. The van der Waals surface area contributed by atoms with Crippen LogP contribution in [0.5, 0.6) is 0 Å². The third kappa shape index (κ3) is 6.86. The molecule has 1 aliphatic carbocycles. The van der Waals surface area contributed by atoms with Gasteiger partial charge in [0.2, 0.25) is 5.91 Å². The van der Waals surface area contributed by atoms with E-state index in [1.54, 1.807) is 0 Å². The first-order valence-corrected chi connectivity index (χ1v) is 11.8. The number of carbonyl (C=O) groups excluding carboxylic acids is 2. The van der Waals surface area contributed by atoms with Crippen LogP contribution in [0.4, 0.5) is 4.79 Å². The van der Waals surface area contributed by atoms with Gasteiger partial charge in [0.15, 0.2) is 0 Å². The molecule has 3 N–H and O–H groups in total. The Kier molecular flexibility index (Phi) is 8.91. The van der Waals surface area contributed by atoms with Crippen molar-refractivity contribution in [1.29, 1.82) is 0 Å². The number of benzene rings is 2. The van der Waals surface area contributed by atoms with Gasteiger partial charge in [-0.1, -0.05) is 62.4 Å². The topological polar surface area (TPSA) is 105 Å². The maximum absolute atomic E-state index is 12.7. The zero-order valence-corrected chi connectivity index (χ0v) is 20.1. The highest BCUT2D eigenvalue weighted by atomic mass is 16.5. The Labute approximate surface area is 206 Å². The minimum Gasteiger partial charge on any atom is -0.481 e. The molecule has 0 radical (unpaired) electrons. The summed E-state index contributed by atoms with van der Waals surface area (Å²) in [4.78, 5) is 36.4. The summed E-state index contributed by atoms with van der Waals surface area (Å²) in [5, 5.41) is 14.4. The second kappa shape index (κ2) is 12.1. The van der Waals surface area contributed by atoms with E-state index in [-0.39, 0.29) is 43.7 Å². The minimum absolute atomic E-state index is 0.0101. The Balaban J connectivity index is 1.59. The highest BCUT2D eigenvalue weighted by molar-refractivity contribution is 5.86. The zero-order chi connectivity index (χ0) is 25.4. The number of fused-ring (bicyclic) bond motifs is 3. The molecular formula is C28H32N2O5. The number of rotatable bonds is 11. The van der Waals surface area contributed by atoms with Gasteiger partial charge >= 0.3 is 12.1 Å². The predicted octanol–water partition coefficient (Wildman–Crippen LogP) is 4.17. The monoisotopic (exact) mass is 476 g/mol. The fourth-order valence-corrected chi connectivity index (χ4v) is 4.63. The molecule has 0 saturated heterocycles. The number of carboxylic acid groups (broad SMARTS) is 1. The van der Waals surface area contributed by atoms with Crippen molar-refractivity contribution in [2.75, 3.05) is 13.2 Å². The molecule has 0 spiro atoms. The summed E-state index contributed by atoms with van der Waals surface area (Å²) in [7, 11) is 0. The average Bonchev–Trinajstić information content (AvgIpc) is 3.14. The second-order valence-corrected chi connectivity index (χ2v) is 9.27. The number of terminal acetylenes is 1. The van der Waals surface area contributed by atoms with Crippen LogP contribution in [0.15, 0.2) is 48.5 Å². The van der Waals surface area contributed by atoms with Crippen molar-refractivity contribution >= 4 is 18.0 Å². The summed E-state index contributed by atoms with van der Waals surface area (Å²) >= 11 is 0. The van der Waals surface area contributed by atoms with E-state index in [2.05, 4.69) is 28.7 Å². The third-order valence-corrected chi connectivity index (χ3v) is 6.11. The highest BCUT2D eigenvalue weighted by Crippen LogP contribution is 2.44. The minimum atomic E-state index is -0.972. The van der Waals surface area contributed by atoms with E-state index >= 15 is 0 Å².